The van der Waals surface area contributed by atoms with E-state index < -0.39 is 0 Å². The zero-order valence-electron chi connectivity index (χ0n) is 35.8. The largest absolute Gasteiger partial charge is 0.311 e. The van der Waals surface area contributed by atoms with Gasteiger partial charge in [-0.25, -0.2) is 0 Å². The van der Waals surface area contributed by atoms with Gasteiger partial charge >= 0.3 is 0 Å². The third-order valence-corrected chi connectivity index (χ3v) is 13.7. The molecule has 0 unspecified atom stereocenters. The third kappa shape index (κ3) is 7.42. The Morgan fingerprint density at radius 1 is 0.377 bits per heavy atom. The second-order valence-corrected chi connectivity index (χ2v) is 17.8. The van der Waals surface area contributed by atoms with E-state index in [1.165, 1.54) is 104 Å². The molecule has 7 aromatic carbocycles. The van der Waals surface area contributed by atoms with Gasteiger partial charge in [0.05, 0.1) is 0 Å². The molecule has 3 aliphatic carbocycles. The first-order chi connectivity index (χ1) is 29.9. The van der Waals surface area contributed by atoms with Gasteiger partial charge < -0.3 is 4.90 Å². The summed E-state index contributed by atoms with van der Waals surface area (Å²) in [7, 11) is 0. The van der Waals surface area contributed by atoms with Crippen molar-refractivity contribution in [3.05, 3.63) is 221 Å². The maximum absolute atomic E-state index is 4.85. The van der Waals surface area contributed by atoms with Crippen LogP contribution < -0.4 is 4.90 Å². The lowest BCUT2D eigenvalue weighted by atomic mass is 9.75. The molecule has 61 heavy (non-hydrogen) atoms. The topological polar surface area (TPSA) is 3.24 Å². The van der Waals surface area contributed by atoms with Crippen LogP contribution in [0.5, 0.6) is 0 Å². The molecule has 0 saturated heterocycles. The zero-order chi connectivity index (χ0) is 41.3. The predicted molar refractivity (Wildman–Crippen MR) is 261 cm³/mol. The summed E-state index contributed by atoms with van der Waals surface area (Å²) in [5, 5.41) is 0. The van der Waals surface area contributed by atoms with Crippen LogP contribution in [-0.4, -0.2) is 0 Å². The standard InChI is InChI=1S/C60H55N/c1-42-17-7-4-12-22-52(48-33-40-55-54-24-15-16-26-57(54)60(2,3)58(55)41-48)53-23-13-14-25-56(53)59(42)47-31-38-51(39-32-47)61(49-34-27-45(28-35-49)43-18-8-5-9-19-43)50-36-29-46(30-37-50)44-20-10-6-11-21-44/h5-6,8-11,15-16,18-21,24,26-41H,1,4,7,12-14,17,22-23,25H2,2-3H3/b53-52+,59-56+. The fourth-order valence-electron chi connectivity index (χ4n) is 10.5. The summed E-state index contributed by atoms with van der Waals surface area (Å²) in [6, 6.07) is 65.2. The van der Waals surface area contributed by atoms with E-state index in [-0.39, 0.29) is 5.41 Å². The molecule has 300 valence electrons. The molecule has 0 atom stereocenters. The Morgan fingerprint density at radius 3 is 1.43 bits per heavy atom. The van der Waals surface area contributed by atoms with Gasteiger partial charge in [0.15, 0.2) is 0 Å². The molecule has 0 radical (unpaired) electrons. The first-order valence-electron chi connectivity index (χ1n) is 22.5. The number of nitrogens with zero attached hydrogens (tertiary/aromatic N) is 1. The fraction of sp³-hybridized carbons (Fsp3) is 0.200. The van der Waals surface area contributed by atoms with Crippen LogP contribution in [0, 0.1) is 0 Å². The molecule has 0 spiro atoms. The Morgan fingerprint density at radius 2 is 0.820 bits per heavy atom. The number of allylic oxidation sites excluding steroid dienone is 5. The summed E-state index contributed by atoms with van der Waals surface area (Å²) in [4.78, 5) is 2.39. The Bertz CT molecular complexity index is 2680. The van der Waals surface area contributed by atoms with E-state index in [2.05, 4.69) is 195 Å². The molecule has 0 aliphatic heterocycles. The number of benzene rings is 7. The fourth-order valence-corrected chi connectivity index (χ4v) is 10.5. The number of fused-ring (bicyclic) bond motifs is 4. The summed E-state index contributed by atoms with van der Waals surface area (Å²) in [6.45, 7) is 9.67. The smallest absolute Gasteiger partial charge is 0.0462 e. The van der Waals surface area contributed by atoms with E-state index in [1.807, 2.05) is 0 Å². The van der Waals surface area contributed by atoms with E-state index in [9.17, 15) is 0 Å². The predicted octanol–water partition coefficient (Wildman–Crippen LogP) is 17.1. The second-order valence-electron chi connectivity index (χ2n) is 17.8. The quantitative estimate of drug-likeness (QED) is 0.155. The molecule has 1 fully saturated rings. The first-order valence-corrected chi connectivity index (χ1v) is 22.5. The minimum Gasteiger partial charge on any atom is -0.311 e. The highest BCUT2D eigenvalue weighted by Gasteiger charge is 2.35. The average Bonchev–Trinajstić information content (AvgIpc) is 3.54. The van der Waals surface area contributed by atoms with E-state index in [0.717, 1.165) is 42.7 Å². The molecular formula is C60H55N. The summed E-state index contributed by atoms with van der Waals surface area (Å²) in [5.41, 5.74) is 24.0. The Hall–Kier alpha value is -6.44. The molecule has 1 nitrogen and oxygen atoms in total. The first kappa shape index (κ1) is 38.7. The van der Waals surface area contributed by atoms with Crippen LogP contribution in [0.15, 0.2) is 199 Å². The summed E-state index contributed by atoms with van der Waals surface area (Å²) < 4.78 is 0. The molecule has 0 bridgehead atoms. The highest BCUT2D eigenvalue weighted by molar-refractivity contribution is 5.90. The van der Waals surface area contributed by atoms with E-state index in [1.54, 1.807) is 11.1 Å². The van der Waals surface area contributed by atoms with Crippen LogP contribution in [0.1, 0.15) is 93.9 Å². The molecule has 1 heteroatoms. The van der Waals surface area contributed by atoms with Crippen LogP contribution in [0.25, 0.3) is 44.5 Å². The SMILES string of the molecule is C=C1CCCCC/C(c2ccc3c(c2)C(C)(C)c2ccccc2-3)=C2/CCCC/C2=C/1c1ccc(N(c2ccc(-c3ccccc3)cc2)c2ccc(-c3ccccc3)cc2)cc1. The van der Waals surface area contributed by atoms with Crippen LogP contribution in [0.4, 0.5) is 17.1 Å². The van der Waals surface area contributed by atoms with Crippen molar-refractivity contribution >= 4 is 28.2 Å². The molecule has 3 aliphatic rings. The van der Waals surface area contributed by atoms with Crippen LogP contribution >= 0.6 is 0 Å². The molecule has 7 aromatic rings. The number of anilines is 3. The van der Waals surface area contributed by atoms with Crippen molar-refractivity contribution in [1.82, 2.24) is 0 Å². The molecule has 0 amide bonds. The molecular weight excluding hydrogens is 735 g/mol. The van der Waals surface area contributed by atoms with Gasteiger partial charge in [0.1, 0.15) is 0 Å². The average molecular weight is 790 g/mol. The lowest BCUT2D eigenvalue weighted by Gasteiger charge is -2.30. The summed E-state index contributed by atoms with van der Waals surface area (Å²) in [5.74, 6) is 0. The van der Waals surface area contributed by atoms with E-state index >= 15 is 0 Å². The number of hydrogen-bond donors (Lipinski definition) is 0. The van der Waals surface area contributed by atoms with E-state index in [4.69, 9.17) is 6.58 Å². The van der Waals surface area contributed by atoms with Crippen molar-refractivity contribution in [3.8, 4) is 33.4 Å². The Balaban J connectivity index is 1.06. The highest BCUT2D eigenvalue weighted by atomic mass is 15.1. The monoisotopic (exact) mass is 789 g/mol. The Kier molecular flexibility index (Phi) is 10.5. The van der Waals surface area contributed by atoms with Gasteiger partial charge in [0, 0.05) is 22.5 Å². The molecule has 10 rings (SSSR count). The lowest BCUT2D eigenvalue weighted by Crippen LogP contribution is -2.15. The summed E-state index contributed by atoms with van der Waals surface area (Å²) in [6.07, 6.45) is 10.5. The van der Waals surface area contributed by atoms with Crippen molar-refractivity contribution in [1.29, 1.82) is 0 Å². The van der Waals surface area contributed by atoms with Crippen LogP contribution in [-0.2, 0) is 5.41 Å². The van der Waals surface area contributed by atoms with Gasteiger partial charge in [-0.05, 0) is 177 Å². The van der Waals surface area contributed by atoms with Gasteiger partial charge in [0.25, 0.3) is 0 Å². The van der Waals surface area contributed by atoms with Gasteiger partial charge in [0.2, 0.25) is 0 Å². The van der Waals surface area contributed by atoms with Crippen molar-refractivity contribution in [3.63, 3.8) is 0 Å². The number of hydrogen-bond acceptors (Lipinski definition) is 1. The van der Waals surface area contributed by atoms with Crippen molar-refractivity contribution in [2.24, 2.45) is 0 Å². The summed E-state index contributed by atoms with van der Waals surface area (Å²) >= 11 is 0. The second kappa shape index (κ2) is 16.5. The minimum absolute atomic E-state index is 0.0165. The van der Waals surface area contributed by atoms with Crippen molar-refractivity contribution in [2.75, 3.05) is 4.90 Å². The maximum Gasteiger partial charge on any atom is 0.0462 e. The molecule has 0 aromatic heterocycles. The van der Waals surface area contributed by atoms with Gasteiger partial charge in [-0.3, -0.25) is 0 Å². The zero-order valence-corrected chi connectivity index (χ0v) is 35.8. The highest BCUT2D eigenvalue weighted by Crippen LogP contribution is 2.51. The molecule has 0 heterocycles. The third-order valence-electron chi connectivity index (χ3n) is 13.7. The normalized spacial score (nSPS) is 18.5. The van der Waals surface area contributed by atoms with Crippen LogP contribution in [0.2, 0.25) is 0 Å². The van der Waals surface area contributed by atoms with Crippen molar-refractivity contribution < 1.29 is 0 Å². The van der Waals surface area contributed by atoms with Gasteiger partial charge in [-0.15, -0.1) is 0 Å². The van der Waals surface area contributed by atoms with Crippen molar-refractivity contribution in [2.45, 2.75) is 77.0 Å². The minimum atomic E-state index is -0.0165. The van der Waals surface area contributed by atoms with Gasteiger partial charge in [-0.2, -0.15) is 0 Å². The maximum atomic E-state index is 4.85. The van der Waals surface area contributed by atoms with E-state index in [0.29, 0.717) is 0 Å². The van der Waals surface area contributed by atoms with Gasteiger partial charge in [-0.1, -0.05) is 160 Å². The van der Waals surface area contributed by atoms with Crippen LogP contribution in [0.3, 0.4) is 0 Å². The molecule has 1 saturated carbocycles. The Labute approximate surface area is 363 Å². The molecule has 0 N–H and O–H groups in total. The number of rotatable bonds is 7. The lowest BCUT2D eigenvalue weighted by molar-refractivity contribution is 0.657.